The van der Waals surface area contributed by atoms with Gasteiger partial charge in [0.1, 0.15) is 5.75 Å². The van der Waals surface area contributed by atoms with Crippen molar-refractivity contribution in [2.45, 2.75) is 31.8 Å². The molecule has 0 radical (unpaired) electrons. The highest BCUT2D eigenvalue weighted by molar-refractivity contribution is 5.99. The molecule has 0 bridgehead atoms. The maximum absolute atomic E-state index is 13.9. The number of imidazole rings is 1. The Kier molecular flexibility index (Phi) is 6.10. The number of morpholine rings is 1. The van der Waals surface area contributed by atoms with Crippen LogP contribution in [0.5, 0.6) is 5.75 Å². The van der Waals surface area contributed by atoms with Gasteiger partial charge in [-0.3, -0.25) is 4.79 Å². The number of hydrogen-bond donors (Lipinski definition) is 0. The van der Waals surface area contributed by atoms with E-state index in [-0.39, 0.29) is 24.1 Å². The van der Waals surface area contributed by atoms with E-state index in [4.69, 9.17) is 9.47 Å². The molecule has 2 atom stereocenters. The molecule has 182 valence electrons. The number of aromatic nitrogens is 2. The predicted octanol–water partition coefficient (Wildman–Crippen LogP) is 4.75. The van der Waals surface area contributed by atoms with Crippen LogP contribution < -0.4 is 4.74 Å². The summed E-state index contributed by atoms with van der Waals surface area (Å²) in [5.41, 5.74) is 3.22. The minimum atomic E-state index is -1.53. The van der Waals surface area contributed by atoms with Crippen LogP contribution in [-0.4, -0.2) is 46.7 Å². The zero-order chi connectivity index (χ0) is 24.7. The molecular formula is C26H24F3N3O3. The Labute approximate surface area is 200 Å². The monoisotopic (exact) mass is 483 g/mol. The maximum Gasteiger partial charge on any atom is 0.250 e. The fourth-order valence-electron chi connectivity index (χ4n) is 4.77. The summed E-state index contributed by atoms with van der Waals surface area (Å²) in [6, 6.07) is 6.55. The second-order valence-corrected chi connectivity index (χ2v) is 8.78. The van der Waals surface area contributed by atoms with Crippen LogP contribution in [0, 0.1) is 24.4 Å². The first-order valence-corrected chi connectivity index (χ1v) is 11.3. The lowest BCUT2D eigenvalue weighted by atomic mass is 9.91. The molecule has 2 fully saturated rings. The molecule has 0 spiro atoms. The van der Waals surface area contributed by atoms with Crippen LogP contribution in [-0.2, 0) is 9.53 Å². The van der Waals surface area contributed by atoms with E-state index in [0.717, 1.165) is 29.1 Å². The molecule has 2 saturated heterocycles. The largest absolute Gasteiger partial charge is 0.495 e. The molecular weight excluding hydrogens is 459 g/mol. The summed E-state index contributed by atoms with van der Waals surface area (Å²) in [4.78, 5) is 19.4. The molecule has 5 rings (SSSR count). The molecule has 9 heteroatoms. The second kappa shape index (κ2) is 9.22. The van der Waals surface area contributed by atoms with E-state index in [0.29, 0.717) is 30.8 Å². The van der Waals surface area contributed by atoms with E-state index in [1.807, 2.05) is 42.0 Å². The molecule has 1 aromatic heterocycles. The van der Waals surface area contributed by atoms with Gasteiger partial charge < -0.3 is 18.9 Å². The van der Waals surface area contributed by atoms with Crippen molar-refractivity contribution < 1.29 is 27.4 Å². The number of fused-ring (bicyclic) bond motifs is 1. The summed E-state index contributed by atoms with van der Waals surface area (Å²) < 4.78 is 54.4. The Hall–Kier alpha value is -3.59. The third-order valence-electron chi connectivity index (χ3n) is 6.50. The van der Waals surface area contributed by atoms with Gasteiger partial charge >= 0.3 is 0 Å². The molecule has 2 aliphatic heterocycles. The Morgan fingerprint density at radius 2 is 1.91 bits per heavy atom. The number of nitrogens with zero attached hydrogens (tertiary/aromatic N) is 3. The van der Waals surface area contributed by atoms with E-state index in [9.17, 15) is 18.0 Å². The average molecular weight is 483 g/mol. The van der Waals surface area contributed by atoms with Crippen molar-refractivity contribution in [2.75, 3.05) is 20.3 Å². The number of benzene rings is 2. The fraction of sp³-hybridized carbons (Fsp3) is 0.308. The zero-order valence-corrected chi connectivity index (χ0v) is 19.3. The van der Waals surface area contributed by atoms with Crippen molar-refractivity contribution in [1.29, 1.82) is 0 Å². The van der Waals surface area contributed by atoms with Crippen LogP contribution in [0.4, 0.5) is 13.2 Å². The minimum Gasteiger partial charge on any atom is -0.495 e. The molecule has 2 aromatic carbocycles. The van der Waals surface area contributed by atoms with E-state index in [2.05, 4.69) is 4.98 Å². The van der Waals surface area contributed by atoms with Gasteiger partial charge in [0.15, 0.2) is 17.5 Å². The number of piperidine rings is 1. The molecule has 3 heterocycles. The number of halogens is 3. The van der Waals surface area contributed by atoms with Gasteiger partial charge in [0.05, 0.1) is 50.1 Å². The van der Waals surface area contributed by atoms with Crippen molar-refractivity contribution in [3.8, 4) is 11.4 Å². The Bertz CT molecular complexity index is 1300. The highest BCUT2D eigenvalue weighted by atomic mass is 19.2. The van der Waals surface area contributed by atoms with Crippen molar-refractivity contribution in [3.05, 3.63) is 82.7 Å². The number of carbonyl (C=O) groups is 1. The van der Waals surface area contributed by atoms with Gasteiger partial charge in [-0.15, -0.1) is 0 Å². The lowest BCUT2D eigenvalue weighted by molar-refractivity contribution is -0.145. The van der Waals surface area contributed by atoms with Crippen molar-refractivity contribution in [3.63, 3.8) is 0 Å². The topological polar surface area (TPSA) is 56.6 Å². The summed E-state index contributed by atoms with van der Waals surface area (Å²) in [7, 11) is 1.58. The minimum absolute atomic E-state index is 0.0763. The third kappa shape index (κ3) is 4.32. The Morgan fingerprint density at radius 3 is 2.60 bits per heavy atom. The maximum atomic E-state index is 13.9. The smallest absolute Gasteiger partial charge is 0.250 e. The van der Waals surface area contributed by atoms with Crippen LogP contribution in [0.2, 0.25) is 0 Å². The van der Waals surface area contributed by atoms with Crippen LogP contribution in [0.15, 0.2) is 48.4 Å². The van der Waals surface area contributed by atoms with Gasteiger partial charge in [-0.1, -0.05) is 6.07 Å². The SMILES string of the molecule is COc1cc(C=C2CCC3COCC(c4cc(F)c(F)c(F)c4)N3C2=O)ccc1-n1cnc(C)c1. The Balaban J connectivity index is 1.46. The average Bonchev–Trinajstić information content (AvgIpc) is 3.29. The van der Waals surface area contributed by atoms with Crippen LogP contribution >= 0.6 is 0 Å². The highest BCUT2D eigenvalue weighted by Crippen LogP contribution is 2.37. The second-order valence-electron chi connectivity index (χ2n) is 8.78. The molecule has 2 aliphatic rings. The lowest BCUT2D eigenvalue weighted by Crippen LogP contribution is -2.53. The van der Waals surface area contributed by atoms with E-state index in [1.54, 1.807) is 18.3 Å². The number of rotatable bonds is 4. The van der Waals surface area contributed by atoms with Crippen LogP contribution in [0.25, 0.3) is 11.8 Å². The first kappa shape index (κ1) is 23.2. The summed E-state index contributed by atoms with van der Waals surface area (Å²) in [5.74, 6) is -3.71. The van der Waals surface area contributed by atoms with Gasteiger partial charge in [0, 0.05) is 11.8 Å². The molecule has 3 aromatic rings. The number of aryl methyl sites for hydroxylation is 1. The number of ether oxygens (including phenoxy) is 2. The molecule has 0 N–H and O–H groups in total. The molecule has 6 nitrogen and oxygen atoms in total. The van der Waals surface area contributed by atoms with Crippen molar-refractivity contribution >= 4 is 12.0 Å². The van der Waals surface area contributed by atoms with E-state index < -0.39 is 23.5 Å². The van der Waals surface area contributed by atoms with Gasteiger partial charge in [-0.05, 0) is 61.2 Å². The molecule has 1 amide bonds. The predicted molar refractivity (Wildman–Crippen MR) is 123 cm³/mol. The number of carbonyl (C=O) groups excluding carboxylic acids is 1. The number of amides is 1. The summed E-state index contributed by atoms with van der Waals surface area (Å²) in [6.07, 6.45) is 6.58. The number of hydrogen-bond acceptors (Lipinski definition) is 4. The normalized spacial score (nSPS) is 21.3. The van der Waals surface area contributed by atoms with Crippen LogP contribution in [0.1, 0.15) is 35.7 Å². The highest BCUT2D eigenvalue weighted by Gasteiger charge is 2.40. The molecule has 0 aliphatic carbocycles. The van der Waals surface area contributed by atoms with Gasteiger partial charge in [0.25, 0.3) is 5.91 Å². The first-order chi connectivity index (χ1) is 16.9. The number of methoxy groups -OCH3 is 1. The van der Waals surface area contributed by atoms with Crippen molar-refractivity contribution in [1.82, 2.24) is 14.5 Å². The molecule has 35 heavy (non-hydrogen) atoms. The third-order valence-corrected chi connectivity index (χ3v) is 6.50. The van der Waals surface area contributed by atoms with E-state index >= 15 is 0 Å². The fourth-order valence-corrected chi connectivity index (χ4v) is 4.77. The van der Waals surface area contributed by atoms with Gasteiger partial charge in [-0.2, -0.15) is 0 Å². The lowest BCUT2D eigenvalue weighted by Gasteiger charge is -2.45. The zero-order valence-electron chi connectivity index (χ0n) is 19.3. The summed E-state index contributed by atoms with van der Waals surface area (Å²) >= 11 is 0. The molecule has 0 saturated carbocycles. The summed E-state index contributed by atoms with van der Waals surface area (Å²) in [5, 5.41) is 0. The first-order valence-electron chi connectivity index (χ1n) is 11.3. The standard InChI is InChI=1S/C26H24F3N3O3/c1-15-11-31(14-30-15)22-6-3-16(8-24(22)34-2)7-17-4-5-19-12-35-13-23(32(19)26(17)33)18-9-20(27)25(29)21(28)10-18/h3,6-11,14,19,23H,4-5,12-13H2,1-2H3. The van der Waals surface area contributed by atoms with Gasteiger partial charge in [-0.25, -0.2) is 18.2 Å². The summed E-state index contributed by atoms with van der Waals surface area (Å²) in [6.45, 7) is 2.32. The quantitative estimate of drug-likeness (QED) is 0.397. The Morgan fingerprint density at radius 1 is 1.14 bits per heavy atom. The van der Waals surface area contributed by atoms with Crippen LogP contribution in [0.3, 0.4) is 0 Å². The molecule has 2 unspecified atom stereocenters. The van der Waals surface area contributed by atoms with Gasteiger partial charge in [0.2, 0.25) is 0 Å². The van der Waals surface area contributed by atoms with Crippen molar-refractivity contribution in [2.24, 2.45) is 0 Å². The van der Waals surface area contributed by atoms with E-state index in [1.165, 1.54) is 0 Å².